The molecule has 11 heteroatoms. The molecule has 2 heterocycles. The summed E-state index contributed by atoms with van der Waals surface area (Å²) in [6.45, 7) is 0. The predicted octanol–water partition coefficient (Wildman–Crippen LogP) is 0.964. The van der Waals surface area contributed by atoms with Gasteiger partial charge in [0.05, 0.1) is 12.0 Å². The summed E-state index contributed by atoms with van der Waals surface area (Å²) < 4.78 is 36.3. The van der Waals surface area contributed by atoms with Gasteiger partial charge in [-0.1, -0.05) is 0 Å². The summed E-state index contributed by atoms with van der Waals surface area (Å²) in [5.74, 6) is -1.24. The van der Waals surface area contributed by atoms with Crippen LogP contribution in [0.3, 0.4) is 0 Å². The molecule has 0 amide bonds. The van der Waals surface area contributed by atoms with E-state index in [1.165, 1.54) is 7.11 Å². The van der Waals surface area contributed by atoms with Crippen LogP contribution in [0.5, 0.6) is 17.2 Å². The predicted molar refractivity (Wildman–Crippen MR) is 61.9 cm³/mol. The molecular formula is C7H5BrN2O7S. The highest BCUT2D eigenvalue weighted by Crippen LogP contribution is 2.55. The summed E-state index contributed by atoms with van der Waals surface area (Å²) in [5.41, 5.74) is 4.58. The van der Waals surface area contributed by atoms with Crippen LogP contribution in [0.4, 0.5) is 11.4 Å². The van der Waals surface area contributed by atoms with Crippen molar-refractivity contribution in [1.82, 2.24) is 0 Å². The highest BCUT2D eigenvalue weighted by Gasteiger charge is 2.40. The van der Waals surface area contributed by atoms with Crippen molar-refractivity contribution in [2.24, 2.45) is 0 Å². The SMILES string of the molecule is COc1c(N)c2c([N+](=O)[O-])c(Br)c1OS(=O)(=O)O2. The van der Waals surface area contributed by atoms with Crippen molar-refractivity contribution in [2.45, 2.75) is 0 Å². The first-order valence-corrected chi connectivity index (χ1v) is 6.38. The van der Waals surface area contributed by atoms with Crippen LogP contribution in [0.1, 0.15) is 0 Å². The maximum atomic E-state index is 11.4. The Labute approximate surface area is 109 Å². The van der Waals surface area contributed by atoms with Gasteiger partial charge in [-0.3, -0.25) is 10.1 Å². The molecule has 0 atom stereocenters. The van der Waals surface area contributed by atoms with Gasteiger partial charge in [-0.15, -0.1) is 8.42 Å². The molecule has 3 rings (SSSR count). The third-order valence-electron chi connectivity index (χ3n) is 2.08. The van der Waals surface area contributed by atoms with E-state index in [-0.39, 0.29) is 15.9 Å². The van der Waals surface area contributed by atoms with Crippen molar-refractivity contribution >= 4 is 37.7 Å². The Morgan fingerprint density at radius 3 is 2.44 bits per heavy atom. The van der Waals surface area contributed by atoms with Crippen molar-refractivity contribution < 1.29 is 26.4 Å². The first kappa shape index (κ1) is 12.7. The molecular weight excluding hydrogens is 336 g/mol. The van der Waals surface area contributed by atoms with E-state index in [2.05, 4.69) is 24.3 Å². The molecule has 0 aromatic heterocycles. The average molecular weight is 341 g/mol. The van der Waals surface area contributed by atoms with Gasteiger partial charge in [0.15, 0.2) is 5.75 Å². The molecule has 2 aliphatic heterocycles. The normalized spacial score (nSPS) is 15.4. The minimum Gasteiger partial charge on any atom is -0.491 e. The van der Waals surface area contributed by atoms with Crippen LogP contribution in [0.2, 0.25) is 0 Å². The summed E-state index contributed by atoms with van der Waals surface area (Å²) >= 11 is 2.86. The van der Waals surface area contributed by atoms with E-state index in [1.54, 1.807) is 0 Å². The molecule has 0 unspecified atom stereocenters. The van der Waals surface area contributed by atoms with Gasteiger partial charge >= 0.3 is 16.1 Å². The molecule has 1 aromatic carbocycles. The van der Waals surface area contributed by atoms with E-state index in [0.29, 0.717) is 0 Å². The summed E-state index contributed by atoms with van der Waals surface area (Å²) in [6, 6.07) is 0. The third-order valence-corrected chi connectivity index (χ3v) is 3.55. The quantitative estimate of drug-likeness (QED) is 0.478. The van der Waals surface area contributed by atoms with Crippen LogP contribution in [0.15, 0.2) is 4.47 Å². The number of fused-ring (bicyclic) bond motifs is 4. The molecule has 0 fully saturated rings. The van der Waals surface area contributed by atoms with E-state index < -0.39 is 32.5 Å². The van der Waals surface area contributed by atoms with Crippen molar-refractivity contribution in [3.05, 3.63) is 14.6 Å². The number of methoxy groups -OCH3 is 1. The van der Waals surface area contributed by atoms with E-state index in [4.69, 9.17) is 10.5 Å². The number of nitrogen functional groups attached to an aromatic ring is 1. The Bertz CT molecular complexity index is 656. The zero-order valence-electron chi connectivity index (χ0n) is 8.67. The summed E-state index contributed by atoms with van der Waals surface area (Å²) in [5, 5.41) is 10.9. The minimum atomic E-state index is -4.48. The van der Waals surface area contributed by atoms with Gasteiger partial charge < -0.3 is 18.8 Å². The number of hydrogen-bond donors (Lipinski definition) is 1. The summed E-state index contributed by atoms with van der Waals surface area (Å²) in [6.07, 6.45) is 0. The van der Waals surface area contributed by atoms with Crippen LogP contribution in [-0.4, -0.2) is 20.5 Å². The van der Waals surface area contributed by atoms with Crippen LogP contribution in [-0.2, 0) is 10.4 Å². The molecule has 2 N–H and O–H groups in total. The molecule has 2 bridgehead atoms. The molecule has 18 heavy (non-hydrogen) atoms. The number of benzene rings is 1. The number of hydrogen-bond acceptors (Lipinski definition) is 8. The second-order valence-electron chi connectivity index (χ2n) is 3.10. The standard InChI is InChI=1S/C7H5BrN2O7S/c1-15-7-3(9)6-4(10(11)12)2(8)5(7)16-18(13,14)17-6/h9H2,1H3. The number of nitrogens with zero attached hydrogens (tertiary/aromatic N) is 1. The van der Waals surface area contributed by atoms with Crippen molar-refractivity contribution in [2.75, 3.05) is 12.8 Å². The Morgan fingerprint density at radius 1 is 1.39 bits per heavy atom. The van der Waals surface area contributed by atoms with Gasteiger partial charge in [0.25, 0.3) is 5.75 Å². The first-order valence-electron chi connectivity index (χ1n) is 4.25. The second kappa shape index (κ2) is 3.88. The number of nitro groups is 1. The molecule has 0 saturated carbocycles. The van der Waals surface area contributed by atoms with Gasteiger partial charge in [0.2, 0.25) is 5.75 Å². The first-order chi connectivity index (χ1) is 8.28. The summed E-state index contributed by atoms with van der Waals surface area (Å²) in [4.78, 5) is 10.0. The average Bonchev–Trinajstić information content (AvgIpc) is 2.40. The topological polar surface area (TPSA) is 131 Å². The van der Waals surface area contributed by atoms with E-state index >= 15 is 0 Å². The van der Waals surface area contributed by atoms with Gasteiger partial charge in [-0.25, -0.2) is 0 Å². The number of halogens is 1. The van der Waals surface area contributed by atoms with Crippen molar-refractivity contribution in [1.29, 1.82) is 0 Å². The molecule has 0 saturated heterocycles. The molecule has 0 aliphatic carbocycles. The van der Waals surface area contributed by atoms with Gasteiger partial charge in [-0.05, 0) is 15.9 Å². The van der Waals surface area contributed by atoms with Crippen molar-refractivity contribution in [3.63, 3.8) is 0 Å². The third kappa shape index (κ3) is 1.71. The monoisotopic (exact) mass is 340 g/mol. The largest absolute Gasteiger partial charge is 0.501 e. The maximum absolute atomic E-state index is 11.4. The van der Waals surface area contributed by atoms with Crippen LogP contribution < -0.4 is 18.8 Å². The number of nitro benzene ring substituents is 1. The second-order valence-corrected chi connectivity index (χ2v) is 5.04. The maximum Gasteiger partial charge on any atom is 0.501 e. The molecule has 0 radical (unpaired) electrons. The van der Waals surface area contributed by atoms with E-state index in [1.807, 2.05) is 0 Å². The summed E-state index contributed by atoms with van der Waals surface area (Å²) in [7, 11) is -3.28. The Morgan fingerprint density at radius 2 is 1.94 bits per heavy atom. The lowest BCUT2D eigenvalue weighted by molar-refractivity contribution is -0.386. The fourth-order valence-corrected chi connectivity index (χ4v) is 2.87. The Balaban J connectivity index is 2.93. The molecule has 98 valence electrons. The number of ether oxygens (including phenoxy) is 1. The number of anilines is 1. The fraction of sp³-hybridized carbons (Fsp3) is 0.143. The van der Waals surface area contributed by atoms with Gasteiger partial charge in [-0.2, -0.15) is 0 Å². The number of nitrogens with two attached hydrogens (primary N) is 1. The van der Waals surface area contributed by atoms with Crippen LogP contribution in [0.25, 0.3) is 0 Å². The van der Waals surface area contributed by atoms with E-state index in [9.17, 15) is 18.5 Å². The van der Waals surface area contributed by atoms with Gasteiger partial charge in [0.1, 0.15) is 10.2 Å². The van der Waals surface area contributed by atoms with Gasteiger partial charge in [0, 0.05) is 0 Å². The molecule has 9 nitrogen and oxygen atoms in total. The highest BCUT2D eigenvalue weighted by atomic mass is 79.9. The minimum absolute atomic E-state index is 0.163. The fourth-order valence-electron chi connectivity index (χ4n) is 1.41. The van der Waals surface area contributed by atoms with Crippen molar-refractivity contribution in [3.8, 4) is 17.2 Å². The van der Waals surface area contributed by atoms with Crippen LogP contribution in [0, 0.1) is 10.1 Å². The lowest BCUT2D eigenvalue weighted by Gasteiger charge is -2.08. The molecule has 1 aromatic rings. The van der Waals surface area contributed by atoms with Crippen LogP contribution >= 0.6 is 15.9 Å². The Hall–Kier alpha value is -1.75. The molecule has 0 spiro atoms. The lowest BCUT2D eigenvalue weighted by Crippen LogP contribution is -2.14. The smallest absolute Gasteiger partial charge is 0.491 e. The number of rotatable bonds is 2. The zero-order chi connectivity index (χ0) is 13.7. The lowest BCUT2D eigenvalue weighted by atomic mass is 10.2. The Kier molecular flexibility index (Phi) is 2.74. The highest BCUT2D eigenvalue weighted by molar-refractivity contribution is 9.10. The molecule has 2 aliphatic rings. The zero-order valence-corrected chi connectivity index (χ0v) is 11.1. The van der Waals surface area contributed by atoms with E-state index in [0.717, 1.165) is 0 Å².